The van der Waals surface area contributed by atoms with E-state index in [0.29, 0.717) is 0 Å². The van der Waals surface area contributed by atoms with Gasteiger partial charge in [-0.05, 0) is 79.6 Å². The highest BCUT2D eigenvalue weighted by Crippen LogP contribution is 2.25. The fourth-order valence-electron chi connectivity index (χ4n) is 4.30. The van der Waals surface area contributed by atoms with Crippen LogP contribution in [0.1, 0.15) is 30.9 Å². The largest absolute Gasteiger partial charge is 0.494 e. The summed E-state index contributed by atoms with van der Waals surface area (Å²) in [6.07, 6.45) is 3.76. The lowest BCUT2D eigenvalue weighted by Gasteiger charge is -2.32. The highest BCUT2D eigenvalue weighted by molar-refractivity contribution is 5.63. The number of hydrogen-bond acceptors (Lipinski definition) is 2. The van der Waals surface area contributed by atoms with Crippen molar-refractivity contribution < 1.29 is 4.74 Å². The van der Waals surface area contributed by atoms with Gasteiger partial charge in [-0.15, -0.1) is 0 Å². The van der Waals surface area contributed by atoms with E-state index in [1.807, 2.05) is 13.0 Å². The van der Waals surface area contributed by atoms with E-state index in [0.717, 1.165) is 24.8 Å². The molecule has 1 heterocycles. The molecule has 3 aromatic rings. The molecule has 1 fully saturated rings. The van der Waals surface area contributed by atoms with Crippen LogP contribution < -0.4 is 4.74 Å². The topological polar surface area (TPSA) is 12.5 Å². The number of rotatable bonds is 7. The second-order valence-electron chi connectivity index (χ2n) is 8.07. The maximum absolute atomic E-state index is 5.64. The lowest BCUT2D eigenvalue weighted by molar-refractivity contribution is 0.177. The predicted octanol–water partition coefficient (Wildman–Crippen LogP) is 6.21. The minimum absolute atomic E-state index is 0.723. The highest BCUT2D eigenvalue weighted by Gasteiger charge is 2.19. The van der Waals surface area contributed by atoms with Gasteiger partial charge in [-0.3, -0.25) is 4.90 Å². The lowest BCUT2D eigenvalue weighted by atomic mass is 9.89. The molecule has 4 rings (SSSR count). The zero-order valence-electron chi connectivity index (χ0n) is 17.4. The van der Waals surface area contributed by atoms with E-state index in [4.69, 9.17) is 4.74 Å². The molecule has 150 valence electrons. The second-order valence-corrected chi connectivity index (χ2v) is 8.07. The number of piperidine rings is 1. The Bertz CT molecular complexity index is 880. The van der Waals surface area contributed by atoms with Crippen molar-refractivity contribution in [3.05, 3.63) is 90.0 Å². The summed E-state index contributed by atoms with van der Waals surface area (Å²) in [6.45, 7) is 6.16. The Balaban J connectivity index is 1.27. The molecule has 0 spiro atoms. The fourth-order valence-corrected chi connectivity index (χ4v) is 4.30. The van der Waals surface area contributed by atoms with Crippen LogP contribution in [0.15, 0.2) is 78.9 Å². The summed E-state index contributed by atoms with van der Waals surface area (Å²) in [4.78, 5) is 2.58. The van der Waals surface area contributed by atoms with Gasteiger partial charge in [0.05, 0.1) is 6.61 Å². The van der Waals surface area contributed by atoms with E-state index in [-0.39, 0.29) is 0 Å². The van der Waals surface area contributed by atoms with Crippen molar-refractivity contribution in [1.82, 2.24) is 4.90 Å². The number of hydrogen-bond donors (Lipinski definition) is 0. The molecule has 0 aromatic heterocycles. The average Bonchev–Trinajstić information content (AvgIpc) is 2.77. The van der Waals surface area contributed by atoms with Gasteiger partial charge in [-0.2, -0.15) is 0 Å². The molecule has 2 nitrogen and oxygen atoms in total. The van der Waals surface area contributed by atoms with Crippen molar-refractivity contribution in [3.8, 4) is 16.9 Å². The van der Waals surface area contributed by atoms with Gasteiger partial charge >= 0.3 is 0 Å². The van der Waals surface area contributed by atoms with Crippen LogP contribution in [-0.4, -0.2) is 24.6 Å². The third-order valence-electron chi connectivity index (χ3n) is 5.91. The molecular weight excluding hydrogens is 354 g/mol. The molecule has 0 atom stereocenters. The molecule has 0 N–H and O–H groups in total. The maximum atomic E-state index is 5.64. The molecule has 0 saturated carbocycles. The first-order chi connectivity index (χ1) is 14.3. The first kappa shape index (κ1) is 19.7. The van der Waals surface area contributed by atoms with E-state index in [2.05, 4.69) is 77.7 Å². The SMILES string of the molecule is CCOc1cccc(CN2CCC(Cc3ccc(-c4ccccc4)cc3)CC2)c1. The summed E-state index contributed by atoms with van der Waals surface area (Å²) in [5.41, 5.74) is 5.41. The van der Waals surface area contributed by atoms with E-state index in [9.17, 15) is 0 Å². The molecule has 0 amide bonds. The average molecular weight is 386 g/mol. The molecular formula is C27H31NO. The van der Waals surface area contributed by atoms with Gasteiger partial charge in [0.2, 0.25) is 0 Å². The lowest BCUT2D eigenvalue weighted by Crippen LogP contribution is -2.33. The Morgan fingerprint density at radius 2 is 1.52 bits per heavy atom. The highest BCUT2D eigenvalue weighted by atomic mass is 16.5. The van der Waals surface area contributed by atoms with Crippen LogP contribution in [0.2, 0.25) is 0 Å². The van der Waals surface area contributed by atoms with Crippen molar-refractivity contribution in [1.29, 1.82) is 0 Å². The molecule has 0 unspecified atom stereocenters. The normalized spacial score (nSPS) is 15.3. The number of benzene rings is 3. The molecule has 29 heavy (non-hydrogen) atoms. The molecule has 1 saturated heterocycles. The van der Waals surface area contributed by atoms with Gasteiger partial charge < -0.3 is 4.74 Å². The summed E-state index contributed by atoms with van der Waals surface area (Å²) in [7, 11) is 0. The van der Waals surface area contributed by atoms with Crippen molar-refractivity contribution >= 4 is 0 Å². The zero-order chi connectivity index (χ0) is 19.9. The van der Waals surface area contributed by atoms with Crippen molar-refractivity contribution in [2.24, 2.45) is 5.92 Å². The smallest absolute Gasteiger partial charge is 0.119 e. The molecule has 0 bridgehead atoms. The third kappa shape index (κ3) is 5.48. The van der Waals surface area contributed by atoms with Crippen LogP contribution >= 0.6 is 0 Å². The first-order valence-corrected chi connectivity index (χ1v) is 10.9. The summed E-state index contributed by atoms with van der Waals surface area (Å²) in [6, 6.07) is 28.3. The van der Waals surface area contributed by atoms with Gasteiger partial charge in [-0.1, -0.05) is 66.7 Å². The zero-order valence-corrected chi connectivity index (χ0v) is 17.4. The van der Waals surface area contributed by atoms with Crippen LogP contribution in [0.3, 0.4) is 0 Å². The summed E-state index contributed by atoms with van der Waals surface area (Å²) >= 11 is 0. The molecule has 1 aliphatic heterocycles. The molecule has 0 radical (unpaired) electrons. The van der Waals surface area contributed by atoms with Crippen LogP contribution in [-0.2, 0) is 13.0 Å². The van der Waals surface area contributed by atoms with Crippen molar-refractivity contribution in [2.45, 2.75) is 32.7 Å². The van der Waals surface area contributed by atoms with E-state index >= 15 is 0 Å². The van der Waals surface area contributed by atoms with Gasteiger partial charge in [0.1, 0.15) is 5.75 Å². The summed E-state index contributed by atoms with van der Waals surface area (Å²) in [5, 5.41) is 0. The number of ether oxygens (including phenoxy) is 1. The van der Waals surface area contributed by atoms with Crippen molar-refractivity contribution in [3.63, 3.8) is 0 Å². The minimum Gasteiger partial charge on any atom is -0.494 e. The number of likely N-dealkylation sites (tertiary alicyclic amines) is 1. The Labute approximate surface area is 175 Å². The van der Waals surface area contributed by atoms with Crippen LogP contribution in [0.5, 0.6) is 5.75 Å². The quantitative estimate of drug-likeness (QED) is 0.479. The minimum atomic E-state index is 0.723. The van der Waals surface area contributed by atoms with Crippen LogP contribution in [0.25, 0.3) is 11.1 Å². The maximum Gasteiger partial charge on any atom is 0.119 e. The van der Waals surface area contributed by atoms with Gasteiger partial charge in [0, 0.05) is 6.54 Å². The summed E-state index contributed by atoms with van der Waals surface area (Å²) < 4.78 is 5.64. The van der Waals surface area contributed by atoms with Gasteiger partial charge in [0.25, 0.3) is 0 Å². The third-order valence-corrected chi connectivity index (χ3v) is 5.91. The Morgan fingerprint density at radius 3 is 2.24 bits per heavy atom. The predicted molar refractivity (Wildman–Crippen MR) is 121 cm³/mol. The Morgan fingerprint density at radius 1 is 0.793 bits per heavy atom. The van der Waals surface area contributed by atoms with E-state index in [1.165, 1.54) is 54.6 Å². The van der Waals surface area contributed by atoms with E-state index in [1.54, 1.807) is 0 Å². The van der Waals surface area contributed by atoms with Gasteiger partial charge in [0.15, 0.2) is 0 Å². The van der Waals surface area contributed by atoms with Crippen LogP contribution in [0, 0.1) is 5.92 Å². The molecule has 3 aromatic carbocycles. The fraction of sp³-hybridized carbons (Fsp3) is 0.333. The Hall–Kier alpha value is -2.58. The second kappa shape index (κ2) is 9.76. The van der Waals surface area contributed by atoms with E-state index < -0.39 is 0 Å². The molecule has 0 aliphatic carbocycles. The first-order valence-electron chi connectivity index (χ1n) is 10.9. The van der Waals surface area contributed by atoms with Crippen LogP contribution in [0.4, 0.5) is 0 Å². The standard InChI is InChI=1S/C27H31NO/c1-2-29-27-10-6-7-24(20-27)21-28-17-15-23(16-18-28)19-22-11-13-26(14-12-22)25-8-4-3-5-9-25/h3-14,20,23H,2,15-19,21H2,1H3. The Kier molecular flexibility index (Phi) is 6.63. The molecule has 2 heteroatoms. The van der Waals surface area contributed by atoms with Gasteiger partial charge in [-0.25, -0.2) is 0 Å². The monoisotopic (exact) mass is 385 g/mol. The number of nitrogens with zero attached hydrogens (tertiary/aromatic N) is 1. The summed E-state index contributed by atoms with van der Waals surface area (Å²) in [5.74, 6) is 1.78. The molecule has 1 aliphatic rings. The van der Waals surface area contributed by atoms with Crippen molar-refractivity contribution in [2.75, 3.05) is 19.7 Å².